The molecule has 0 saturated carbocycles. The lowest BCUT2D eigenvalue weighted by molar-refractivity contribution is 1.17. The molecule has 0 aliphatic rings. The molecule has 0 bridgehead atoms. The molecule has 5 heteroatoms. The van der Waals surface area contributed by atoms with Crippen LogP contribution in [0.15, 0.2) is 24.0 Å². The summed E-state index contributed by atoms with van der Waals surface area (Å²) in [7, 11) is 0. The van der Waals surface area contributed by atoms with Crippen LogP contribution < -0.4 is 0 Å². The van der Waals surface area contributed by atoms with Gasteiger partial charge in [0.05, 0.1) is 17.8 Å². The second kappa shape index (κ2) is 3.81. The third-order valence-electron chi connectivity index (χ3n) is 1.47. The Balaban J connectivity index is 2.36. The van der Waals surface area contributed by atoms with E-state index in [4.69, 9.17) is 11.6 Å². The molecule has 0 atom stereocenters. The first kappa shape index (κ1) is 8.59. The average molecular weight is 212 g/mol. The van der Waals surface area contributed by atoms with Gasteiger partial charge in [-0.2, -0.15) is 0 Å². The molecule has 0 unspecified atom stereocenters. The van der Waals surface area contributed by atoms with Crippen molar-refractivity contribution in [2.75, 3.05) is 0 Å². The van der Waals surface area contributed by atoms with Crippen LogP contribution in [0.5, 0.6) is 0 Å². The van der Waals surface area contributed by atoms with E-state index in [2.05, 4.69) is 15.0 Å². The summed E-state index contributed by atoms with van der Waals surface area (Å²) < 4.78 is 0. The van der Waals surface area contributed by atoms with Crippen LogP contribution >= 0.6 is 22.9 Å². The number of rotatable bonds is 2. The number of thiazole rings is 1. The van der Waals surface area contributed by atoms with Crippen molar-refractivity contribution in [1.82, 2.24) is 15.0 Å². The van der Waals surface area contributed by atoms with Gasteiger partial charge in [-0.05, 0) is 0 Å². The highest BCUT2D eigenvalue weighted by molar-refractivity contribution is 7.13. The molecule has 3 nitrogen and oxygen atoms in total. The maximum Gasteiger partial charge on any atom is 0.143 e. The van der Waals surface area contributed by atoms with Crippen molar-refractivity contribution < 1.29 is 0 Å². The monoisotopic (exact) mass is 211 g/mol. The van der Waals surface area contributed by atoms with Crippen molar-refractivity contribution in [3.05, 3.63) is 29.7 Å². The van der Waals surface area contributed by atoms with Crippen molar-refractivity contribution >= 4 is 22.9 Å². The minimum Gasteiger partial charge on any atom is -0.261 e. The molecule has 0 aromatic carbocycles. The van der Waals surface area contributed by atoms with Gasteiger partial charge in [0.2, 0.25) is 0 Å². The molecular weight excluding hydrogens is 206 g/mol. The van der Waals surface area contributed by atoms with Crippen molar-refractivity contribution in [2.45, 2.75) is 5.88 Å². The fraction of sp³-hybridized carbons (Fsp3) is 0.125. The molecule has 2 aromatic heterocycles. The standard InChI is InChI=1S/C8H6ClN3S/c9-3-6-5-13-8(12-6)7-4-10-1-2-11-7/h1-2,4-5H,3H2. The van der Waals surface area contributed by atoms with E-state index in [1.165, 1.54) is 11.3 Å². The zero-order valence-corrected chi connectivity index (χ0v) is 8.22. The zero-order chi connectivity index (χ0) is 9.10. The molecule has 2 aromatic rings. The van der Waals surface area contributed by atoms with E-state index in [0.717, 1.165) is 16.4 Å². The molecule has 2 rings (SSSR count). The summed E-state index contributed by atoms with van der Waals surface area (Å²) in [6, 6.07) is 0. The van der Waals surface area contributed by atoms with Gasteiger partial charge in [0, 0.05) is 17.8 Å². The van der Waals surface area contributed by atoms with Crippen molar-refractivity contribution in [3.8, 4) is 10.7 Å². The normalized spacial score (nSPS) is 10.2. The Morgan fingerprint density at radius 2 is 2.31 bits per heavy atom. The van der Waals surface area contributed by atoms with Crippen LogP contribution in [0.3, 0.4) is 0 Å². The van der Waals surface area contributed by atoms with Crippen LogP contribution in [0.25, 0.3) is 10.7 Å². The van der Waals surface area contributed by atoms with Gasteiger partial charge in [0.25, 0.3) is 0 Å². The molecule has 0 saturated heterocycles. The van der Waals surface area contributed by atoms with Gasteiger partial charge in [0.15, 0.2) is 0 Å². The number of halogens is 1. The summed E-state index contributed by atoms with van der Waals surface area (Å²) in [4.78, 5) is 12.4. The fourth-order valence-electron chi connectivity index (χ4n) is 0.896. The molecule has 13 heavy (non-hydrogen) atoms. The third kappa shape index (κ3) is 1.84. The molecule has 66 valence electrons. The van der Waals surface area contributed by atoms with E-state index in [9.17, 15) is 0 Å². The summed E-state index contributed by atoms with van der Waals surface area (Å²) in [6.45, 7) is 0. The quantitative estimate of drug-likeness (QED) is 0.716. The molecule has 0 radical (unpaired) electrons. The van der Waals surface area contributed by atoms with Crippen LogP contribution in [0.1, 0.15) is 5.69 Å². The zero-order valence-electron chi connectivity index (χ0n) is 6.64. The summed E-state index contributed by atoms with van der Waals surface area (Å²) in [5, 5.41) is 2.79. The number of aromatic nitrogens is 3. The van der Waals surface area contributed by atoms with Crippen LogP contribution in [0.4, 0.5) is 0 Å². The van der Waals surface area contributed by atoms with E-state index in [0.29, 0.717) is 5.88 Å². The van der Waals surface area contributed by atoms with Gasteiger partial charge in [0.1, 0.15) is 10.7 Å². The fourth-order valence-corrected chi connectivity index (χ4v) is 1.90. The largest absolute Gasteiger partial charge is 0.261 e. The number of hydrogen-bond donors (Lipinski definition) is 0. The summed E-state index contributed by atoms with van der Waals surface area (Å²) >= 11 is 7.17. The highest BCUT2D eigenvalue weighted by Crippen LogP contribution is 2.21. The molecule has 2 heterocycles. The molecule has 0 N–H and O–H groups in total. The predicted octanol–water partition coefficient (Wildman–Crippen LogP) is 2.34. The Bertz CT molecular complexity index is 387. The van der Waals surface area contributed by atoms with E-state index < -0.39 is 0 Å². The van der Waals surface area contributed by atoms with Gasteiger partial charge in [-0.1, -0.05) is 0 Å². The highest BCUT2D eigenvalue weighted by atomic mass is 35.5. The number of nitrogens with zero attached hydrogens (tertiary/aromatic N) is 3. The Labute approximate surface area is 84.5 Å². The van der Waals surface area contributed by atoms with Crippen LogP contribution in [0.2, 0.25) is 0 Å². The molecule has 0 spiro atoms. The van der Waals surface area contributed by atoms with Crippen molar-refractivity contribution in [2.24, 2.45) is 0 Å². The van der Waals surface area contributed by atoms with Crippen molar-refractivity contribution in [1.29, 1.82) is 0 Å². The first-order valence-corrected chi connectivity index (χ1v) is 5.08. The molecule has 0 amide bonds. The SMILES string of the molecule is ClCc1csc(-c2cnccn2)n1. The van der Waals surface area contributed by atoms with Gasteiger partial charge >= 0.3 is 0 Å². The van der Waals surface area contributed by atoms with E-state index in [-0.39, 0.29) is 0 Å². The second-order valence-corrected chi connectivity index (χ2v) is 3.49. The summed E-state index contributed by atoms with van der Waals surface area (Å²) in [5.74, 6) is 0.441. The van der Waals surface area contributed by atoms with E-state index >= 15 is 0 Å². The van der Waals surface area contributed by atoms with Crippen LogP contribution in [-0.4, -0.2) is 15.0 Å². The van der Waals surface area contributed by atoms with Gasteiger partial charge in [-0.25, -0.2) is 4.98 Å². The second-order valence-electron chi connectivity index (χ2n) is 2.37. The predicted molar refractivity (Wildman–Crippen MR) is 52.7 cm³/mol. The smallest absolute Gasteiger partial charge is 0.143 e. The lowest BCUT2D eigenvalue weighted by atomic mass is 10.4. The van der Waals surface area contributed by atoms with Crippen LogP contribution in [-0.2, 0) is 5.88 Å². The third-order valence-corrected chi connectivity index (χ3v) is 2.66. The number of alkyl halides is 1. The Morgan fingerprint density at radius 1 is 1.38 bits per heavy atom. The maximum absolute atomic E-state index is 5.64. The average Bonchev–Trinajstić information content (AvgIpc) is 2.67. The highest BCUT2D eigenvalue weighted by Gasteiger charge is 2.04. The Morgan fingerprint density at radius 3 is 2.92 bits per heavy atom. The van der Waals surface area contributed by atoms with E-state index in [1.807, 2.05) is 5.38 Å². The van der Waals surface area contributed by atoms with Crippen molar-refractivity contribution in [3.63, 3.8) is 0 Å². The van der Waals surface area contributed by atoms with Gasteiger partial charge < -0.3 is 0 Å². The Kier molecular flexibility index (Phi) is 2.52. The minimum absolute atomic E-state index is 0.441. The minimum atomic E-state index is 0.441. The molecule has 0 aliphatic carbocycles. The topological polar surface area (TPSA) is 38.7 Å². The van der Waals surface area contributed by atoms with Gasteiger partial charge in [-0.3, -0.25) is 9.97 Å². The van der Waals surface area contributed by atoms with Crippen LogP contribution in [0, 0.1) is 0 Å². The Hall–Kier alpha value is -1.00. The first-order valence-electron chi connectivity index (χ1n) is 3.67. The summed E-state index contributed by atoms with van der Waals surface area (Å²) in [6.07, 6.45) is 4.98. The van der Waals surface area contributed by atoms with Gasteiger partial charge in [-0.15, -0.1) is 22.9 Å². The molecule has 0 aliphatic heterocycles. The lowest BCUT2D eigenvalue weighted by Crippen LogP contribution is -1.83. The van der Waals surface area contributed by atoms with E-state index in [1.54, 1.807) is 18.6 Å². The maximum atomic E-state index is 5.64. The molecule has 0 fully saturated rings. The molecular formula is C8H6ClN3S. The first-order chi connectivity index (χ1) is 6.40. The number of hydrogen-bond acceptors (Lipinski definition) is 4. The lowest BCUT2D eigenvalue weighted by Gasteiger charge is -1.91. The summed E-state index contributed by atoms with van der Waals surface area (Å²) in [5.41, 5.74) is 1.68.